The Labute approximate surface area is 173 Å². The molecule has 4 atom stereocenters. The molecule has 8 nitrogen and oxygen atoms in total. The van der Waals surface area contributed by atoms with Gasteiger partial charge in [-0.25, -0.2) is 9.18 Å². The molecule has 30 heavy (non-hydrogen) atoms. The zero-order valence-electron chi connectivity index (χ0n) is 17.3. The van der Waals surface area contributed by atoms with Crippen molar-refractivity contribution in [3.63, 3.8) is 0 Å². The Bertz CT molecular complexity index is 1070. The Morgan fingerprint density at radius 2 is 2.20 bits per heavy atom. The van der Waals surface area contributed by atoms with Crippen LogP contribution in [0.5, 0.6) is 5.75 Å². The highest BCUT2D eigenvalue weighted by molar-refractivity contribution is 5.99. The Kier molecular flexibility index (Phi) is 5.19. The molecular weight excluding hydrogens is 391 g/mol. The smallest absolute Gasteiger partial charge is 0.341 e. The third-order valence-corrected chi connectivity index (χ3v) is 6.59. The SMILES string of the molecule is CNC(C)C1CCN(c2c(F)c([C@@H]3C[C@H]3N)c3c(=O)c(C(=O)O)c[nH]c3c2OC)C1. The molecule has 1 aromatic carbocycles. The summed E-state index contributed by atoms with van der Waals surface area (Å²) in [5.74, 6) is -1.67. The average molecular weight is 418 g/mol. The summed E-state index contributed by atoms with van der Waals surface area (Å²) >= 11 is 0. The standard InChI is InChI=1S/C21H27FN4O4/c1-9(24-2)10-4-5-26(8-10)18-16(22)14(11-6-13(11)23)15-17(20(18)30-3)25-7-12(19(15)27)21(28)29/h7,9-11,13,24H,4-6,8,23H2,1-3H3,(H,25,27)(H,28,29)/t9?,10?,11-,13-/m1/s1. The number of ether oxygens (including phenoxy) is 1. The van der Waals surface area contributed by atoms with Crippen LogP contribution >= 0.6 is 0 Å². The molecule has 1 aliphatic carbocycles. The lowest BCUT2D eigenvalue weighted by atomic mass is 9.98. The first-order chi connectivity index (χ1) is 14.3. The predicted molar refractivity (Wildman–Crippen MR) is 112 cm³/mol. The van der Waals surface area contributed by atoms with Crippen LogP contribution in [0.4, 0.5) is 10.1 Å². The van der Waals surface area contributed by atoms with Crippen molar-refractivity contribution in [2.75, 3.05) is 32.1 Å². The highest BCUT2D eigenvalue weighted by Crippen LogP contribution is 2.49. The van der Waals surface area contributed by atoms with E-state index in [9.17, 15) is 14.7 Å². The zero-order valence-corrected chi connectivity index (χ0v) is 17.3. The Morgan fingerprint density at radius 1 is 1.50 bits per heavy atom. The number of nitrogens with two attached hydrogens (primary N) is 1. The van der Waals surface area contributed by atoms with Crippen LogP contribution in [-0.2, 0) is 0 Å². The van der Waals surface area contributed by atoms with Crippen LogP contribution in [0.3, 0.4) is 0 Å². The van der Waals surface area contributed by atoms with Crippen LogP contribution in [0, 0.1) is 11.7 Å². The maximum Gasteiger partial charge on any atom is 0.341 e. The minimum atomic E-state index is -1.36. The molecule has 2 heterocycles. The fourth-order valence-electron chi connectivity index (χ4n) is 4.59. The lowest BCUT2D eigenvalue weighted by Crippen LogP contribution is -2.33. The topological polar surface area (TPSA) is 121 Å². The van der Waals surface area contributed by atoms with Crippen LogP contribution in [-0.4, -0.2) is 55.4 Å². The number of halogens is 1. The molecule has 0 amide bonds. The quantitative estimate of drug-likeness (QED) is 0.563. The lowest BCUT2D eigenvalue weighted by molar-refractivity contribution is 0.0695. The van der Waals surface area contributed by atoms with E-state index in [0.717, 1.165) is 12.6 Å². The number of H-pyrrole nitrogens is 1. The molecule has 0 bridgehead atoms. The van der Waals surface area contributed by atoms with Gasteiger partial charge in [-0.1, -0.05) is 0 Å². The molecule has 2 aliphatic rings. The number of fused-ring (bicyclic) bond motifs is 1. The molecule has 2 fully saturated rings. The number of nitrogens with one attached hydrogen (secondary N) is 2. The maximum absolute atomic E-state index is 16.0. The molecule has 0 spiro atoms. The van der Waals surface area contributed by atoms with Crippen LogP contribution in [0.15, 0.2) is 11.0 Å². The summed E-state index contributed by atoms with van der Waals surface area (Å²) in [6, 6.07) is 0.0197. The van der Waals surface area contributed by atoms with Gasteiger partial charge in [-0.3, -0.25) is 4.79 Å². The number of carbonyl (C=O) groups is 1. The molecule has 1 aromatic heterocycles. The van der Waals surface area contributed by atoms with Gasteiger partial charge < -0.3 is 30.8 Å². The Hall–Kier alpha value is -2.65. The summed E-state index contributed by atoms with van der Waals surface area (Å²) in [6.45, 7) is 3.40. The number of anilines is 1. The van der Waals surface area contributed by atoms with Gasteiger partial charge in [0.2, 0.25) is 5.43 Å². The fourth-order valence-corrected chi connectivity index (χ4v) is 4.59. The van der Waals surface area contributed by atoms with E-state index in [1.807, 2.05) is 11.9 Å². The minimum Gasteiger partial charge on any atom is -0.492 e. The van der Waals surface area contributed by atoms with Crippen molar-refractivity contribution in [3.05, 3.63) is 33.4 Å². The highest BCUT2D eigenvalue weighted by Gasteiger charge is 2.42. The van der Waals surface area contributed by atoms with E-state index in [1.54, 1.807) is 0 Å². The van der Waals surface area contributed by atoms with Crippen molar-refractivity contribution < 1.29 is 19.0 Å². The number of rotatable bonds is 6. The third-order valence-electron chi connectivity index (χ3n) is 6.59. The molecule has 0 radical (unpaired) electrons. The number of hydrogen-bond donors (Lipinski definition) is 4. The minimum absolute atomic E-state index is 0.0188. The predicted octanol–water partition coefficient (Wildman–Crippen LogP) is 1.62. The van der Waals surface area contributed by atoms with Gasteiger partial charge in [-0.2, -0.15) is 0 Å². The molecule has 4 rings (SSSR count). The van der Waals surface area contributed by atoms with E-state index in [1.165, 1.54) is 7.11 Å². The first kappa shape index (κ1) is 20.6. The van der Waals surface area contributed by atoms with Crippen LogP contribution in [0.2, 0.25) is 0 Å². The van der Waals surface area contributed by atoms with Crippen LogP contribution in [0.25, 0.3) is 10.9 Å². The first-order valence-electron chi connectivity index (χ1n) is 10.2. The number of methoxy groups -OCH3 is 1. The van der Waals surface area contributed by atoms with E-state index in [0.29, 0.717) is 36.6 Å². The van der Waals surface area contributed by atoms with E-state index in [-0.39, 0.29) is 34.7 Å². The van der Waals surface area contributed by atoms with E-state index < -0.39 is 22.8 Å². The van der Waals surface area contributed by atoms with Gasteiger partial charge in [0.25, 0.3) is 0 Å². The molecule has 9 heteroatoms. The molecule has 1 saturated carbocycles. The fraction of sp³-hybridized carbons (Fsp3) is 0.524. The third kappa shape index (κ3) is 3.13. The first-order valence-corrected chi connectivity index (χ1v) is 10.2. The lowest BCUT2D eigenvalue weighted by Gasteiger charge is -2.26. The Morgan fingerprint density at radius 3 is 2.77 bits per heavy atom. The van der Waals surface area contributed by atoms with Crippen molar-refractivity contribution in [2.24, 2.45) is 11.7 Å². The number of pyridine rings is 1. The van der Waals surface area contributed by atoms with Gasteiger partial charge in [0.1, 0.15) is 11.3 Å². The number of nitrogens with zero attached hydrogens (tertiary/aromatic N) is 1. The number of carboxylic acid groups (broad SMARTS) is 1. The Balaban J connectivity index is 1.96. The second-order valence-electron chi connectivity index (χ2n) is 8.27. The van der Waals surface area contributed by atoms with Crippen molar-refractivity contribution >= 4 is 22.6 Å². The van der Waals surface area contributed by atoms with Crippen molar-refractivity contribution in [1.82, 2.24) is 10.3 Å². The number of aromatic nitrogens is 1. The van der Waals surface area contributed by atoms with E-state index in [2.05, 4.69) is 17.2 Å². The number of aromatic carboxylic acids is 1. The van der Waals surface area contributed by atoms with Crippen LogP contribution < -0.4 is 26.1 Å². The van der Waals surface area contributed by atoms with Gasteiger partial charge in [-0.05, 0) is 32.7 Å². The average Bonchev–Trinajstić information content (AvgIpc) is 3.23. The second-order valence-corrected chi connectivity index (χ2v) is 8.27. The molecule has 2 unspecified atom stereocenters. The van der Waals surface area contributed by atoms with E-state index in [4.69, 9.17) is 10.5 Å². The summed E-state index contributed by atoms with van der Waals surface area (Å²) in [4.78, 5) is 29.3. The summed E-state index contributed by atoms with van der Waals surface area (Å²) in [5.41, 5.74) is 5.67. The summed E-state index contributed by atoms with van der Waals surface area (Å²) in [7, 11) is 3.33. The molecular formula is C21H27FN4O4. The van der Waals surface area contributed by atoms with E-state index >= 15 is 4.39 Å². The van der Waals surface area contributed by atoms with Crippen molar-refractivity contribution in [2.45, 2.75) is 37.8 Å². The van der Waals surface area contributed by atoms with Gasteiger partial charge in [0, 0.05) is 42.9 Å². The largest absolute Gasteiger partial charge is 0.492 e. The normalized spacial score (nSPS) is 24.3. The number of aromatic amines is 1. The van der Waals surface area contributed by atoms with Gasteiger partial charge in [-0.15, -0.1) is 0 Å². The second kappa shape index (κ2) is 7.55. The summed E-state index contributed by atoms with van der Waals surface area (Å²) in [5, 5.41) is 12.6. The van der Waals surface area contributed by atoms with Crippen molar-refractivity contribution in [3.8, 4) is 5.75 Å². The molecule has 1 saturated heterocycles. The molecule has 5 N–H and O–H groups in total. The number of hydrogen-bond acceptors (Lipinski definition) is 6. The monoisotopic (exact) mass is 418 g/mol. The number of carboxylic acids is 1. The highest BCUT2D eigenvalue weighted by atomic mass is 19.1. The van der Waals surface area contributed by atoms with Crippen LogP contribution in [0.1, 0.15) is 41.6 Å². The molecule has 1 aliphatic heterocycles. The summed E-state index contributed by atoms with van der Waals surface area (Å²) < 4.78 is 21.6. The van der Waals surface area contributed by atoms with Gasteiger partial charge in [0.05, 0.1) is 18.0 Å². The summed E-state index contributed by atoms with van der Waals surface area (Å²) in [6.07, 6.45) is 2.59. The van der Waals surface area contributed by atoms with Gasteiger partial charge >= 0.3 is 5.97 Å². The van der Waals surface area contributed by atoms with Gasteiger partial charge in [0.15, 0.2) is 11.6 Å². The zero-order chi connectivity index (χ0) is 21.7. The number of benzene rings is 1. The maximum atomic E-state index is 16.0. The molecule has 2 aromatic rings. The van der Waals surface area contributed by atoms with Crippen molar-refractivity contribution in [1.29, 1.82) is 0 Å². The molecule has 162 valence electrons.